The molecular formula is C11H12F3NO3. The van der Waals surface area contributed by atoms with Crippen molar-refractivity contribution in [2.45, 2.75) is 18.6 Å². The summed E-state index contributed by atoms with van der Waals surface area (Å²) < 4.78 is 43.1. The highest BCUT2D eigenvalue weighted by Crippen LogP contribution is 2.34. The van der Waals surface area contributed by atoms with E-state index in [1.165, 1.54) is 31.4 Å². The number of hydrogen-bond acceptors (Lipinski definition) is 3. The molecule has 0 aromatic heterocycles. The van der Waals surface area contributed by atoms with Crippen molar-refractivity contribution in [3.05, 3.63) is 24.3 Å². The van der Waals surface area contributed by atoms with Crippen LogP contribution in [0.3, 0.4) is 0 Å². The second kappa shape index (κ2) is 4.75. The number of halogens is 3. The van der Waals surface area contributed by atoms with Gasteiger partial charge in [0.25, 0.3) is 0 Å². The van der Waals surface area contributed by atoms with E-state index in [9.17, 15) is 18.0 Å². The molecule has 0 aliphatic carbocycles. The Kier molecular flexibility index (Phi) is 3.73. The van der Waals surface area contributed by atoms with Gasteiger partial charge in [0, 0.05) is 11.8 Å². The fraction of sp³-hybridized carbons (Fsp3) is 0.364. The average Bonchev–Trinajstić information content (AvgIpc) is 2.27. The Morgan fingerprint density at radius 1 is 1.39 bits per heavy atom. The Morgan fingerprint density at radius 3 is 2.44 bits per heavy atom. The first-order valence-corrected chi connectivity index (χ1v) is 4.93. The molecule has 4 nitrogen and oxygen atoms in total. The number of carbonyl (C=O) groups is 1. The molecule has 1 aromatic carbocycles. The molecule has 1 aromatic rings. The van der Waals surface area contributed by atoms with Crippen LogP contribution in [0, 0.1) is 0 Å². The highest BCUT2D eigenvalue weighted by Gasteiger charge is 2.57. The maximum Gasteiger partial charge on any atom is 0.422 e. The summed E-state index contributed by atoms with van der Waals surface area (Å²) in [5, 5.41) is 10.7. The average molecular weight is 263 g/mol. The van der Waals surface area contributed by atoms with E-state index < -0.39 is 17.7 Å². The summed E-state index contributed by atoms with van der Waals surface area (Å²) in [6.07, 6.45) is -4.93. The molecule has 2 N–H and O–H groups in total. The van der Waals surface area contributed by atoms with Gasteiger partial charge in [-0.25, -0.2) is 4.79 Å². The first-order valence-electron chi connectivity index (χ1n) is 4.93. The molecule has 100 valence electrons. The van der Waals surface area contributed by atoms with Crippen molar-refractivity contribution in [1.82, 2.24) is 0 Å². The molecule has 0 aliphatic heterocycles. The lowest BCUT2D eigenvalue weighted by Gasteiger charge is -2.29. The van der Waals surface area contributed by atoms with Crippen LogP contribution in [0.2, 0.25) is 0 Å². The first-order chi connectivity index (χ1) is 8.20. The first kappa shape index (κ1) is 14.1. The van der Waals surface area contributed by atoms with E-state index >= 15 is 0 Å². The van der Waals surface area contributed by atoms with Crippen molar-refractivity contribution >= 4 is 11.7 Å². The van der Waals surface area contributed by atoms with E-state index in [2.05, 4.69) is 0 Å². The van der Waals surface area contributed by atoms with Crippen molar-refractivity contribution < 1.29 is 27.8 Å². The third-order valence-electron chi connectivity index (χ3n) is 2.46. The number of aliphatic carboxylic acids is 1. The summed E-state index contributed by atoms with van der Waals surface area (Å²) in [4.78, 5) is 10.8. The minimum Gasteiger partial charge on any atom is -0.497 e. The molecular weight excluding hydrogens is 251 g/mol. The van der Waals surface area contributed by atoms with E-state index in [-0.39, 0.29) is 5.69 Å². The third-order valence-corrected chi connectivity index (χ3v) is 2.46. The number of rotatable bonds is 4. The minimum atomic E-state index is -4.93. The molecule has 0 bridgehead atoms. The quantitative estimate of drug-likeness (QED) is 0.876. The lowest BCUT2D eigenvalue weighted by molar-refractivity contribution is -0.192. The SMILES string of the molecule is COc1cccc(NC(C)(C(=O)O)C(F)(F)F)c1. The van der Waals surface area contributed by atoms with Crippen molar-refractivity contribution in [2.24, 2.45) is 0 Å². The van der Waals surface area contributed by atoms with Crippen LogP contribution in [0.25, 0.3) is 0 Å². The summed E-state index contributed by atoms with van der Waals surface area (Å²) in [5.74, 6) is -1.67. The molecule has 0 saturated heterocycles. The Hall–Kier alpha value is -1.92. The largest absolute Gasteiger partial charge is 0.497 e. The summed E-state index contributed by atoms with van der Waals surface area (Å²) >= 11 is 0. The zero-order valence-electron chi connectivity index (χ0n) is 9.71. The van der Waals surface area contributed by atoms with E-state index in [4.69, 9.17) is 9.84 Å². The molecule has 18 heavy (non-hydrogen) atoms. The van der Waals surface area contributed by atoms with Gasteiger partial charge in [-0.05, 0) is 19.1 Å². The van der Waals surface area contributed by atoms with Crippen molar-refractivity contribution in [1.29, 1.82) is 0 Å². The summed E-state index contributed by atoms with van der Waals surface area (Å²) in [6.45, 7) is 0.564. The molecule has 0 saturated carbocycles. The van der Waals surface area contributed by atoms with Gasteiger partial charge in [-0.3, -0.25) is 0 Å². The molecule has 0 amide bonds. The Balaban J connectivity index is 3.08. The van der Waals surface area contributed by atoms with Crippen LogP contribution in [0.5, 0.6) is 5.75 Å². The Bertz CT molecular complexity index is 447. The van der Waals surface area contributed by atoms with Gasteiger partial charge in [-0.1, -0.05) is 6.07 Å². The fourth-order valence-electron chi connectivity index (χ4n) is 1.24. The summed E-state index contributed by atoms with van der Waals surface area (Å²) in [7, 11) is 1.36. The monoisotopic (exact) mass is 263 g/mol. The molecule has 1 rings (SSSR count). The van der Waals surface area contributed by atoms with Crippen LogP contribution in [0.4, 0.5) is 18.9 Å². The second-order valence-corrected chi connectivity index (χ2v) is 3.78. The lowest BCUT2D eigenvalue weighted by Crippen LogP contribution is -2.55. The van der Waals surface area contributed by atoms with Crippen LogP contribution in [-0.4, -0.2) is 29.9 Å². The number of ether oxygens (including phenoxy) is 1. The molecule has 1 unspecified atom stereocenters. The predicted molar refractivity (Wildman–Crippen MR) is 58.7 cm³/mol. The number of anilines is 1. The van der Waals surface area contributed by atoms with E-state index in [0.29, 0.717) is 12.7 Å². The van der Waals surface area contributed by atoms with Gasteiger partial charge in [0.1, 0.15) is 5.75 Å². The van der Waals surface area contributed by atoms with Crippen molar-refractivity contribution in [3.8, 4) is 5.75 Å². The molecule has 0 radical (unpaired) electrons. The van der Waals surface area contributed by atoms with Crippen LogP contribution in [-0.2, 0) is 4.79 Å². The van der Waals surface area contributed by atoms with Gasteiger partial charge >= 0.3 is 12.1 Å². The van der Waals surface area contributed by atoms with Crippen LogP contribution in [0.15, 0.2) is 24.3 Å². The van der Waals surface area contributed by atoms with Gasteiger partial charge in [-0.15, -0.1) is 0 Å². The van der Waals surface area contributed by atoms with E-state index in [1.807, 2.05) is 5.32 Å². The zero-order valence-corrected chi connectivity index (χ0v) is 9.71. The number of alkyl halides is 3. The highest BCUT2D eigenvalue weighted by molar-refractivity contribution is 5.83. The molecule has 0 heterocycles. The van der Waals surface area contributed by atoms with Crippen molar-refractivity contribution in [2.75, 3.05) is 12.4 Å². The number of hydrogen-bond donors (Lipinski definition) is 2. The molecule has 7 heteroatoms. The number of benzene rings is 1. The minimum absolute atomic E-state index is 0.0107. The fourth-order valence-corrected chi connectivity index (χ4v) is 1.24. The summed E-state index contributed by atoms with van der Waals surface area (Å²) in [6, 6.07) is 5.61. The molecule has 0 spiro atoms. The number of methoxy groups -OCH3 is 1. The Labute approximate surface area is 101 Å². The van der Waals surface area contributed by atoms with Gasteiger partial charge in [0.2, 0.25) is 5.54 Å². The number of carboxylic acid groups (broad SMARTS) is 1. The van der Waals surface area contributed by atoms with Crippen molar-refractivity contribution in [3.63, 3.8) is 0 Å². The van der Waals surface area contributed by atoms with Crippen LogP contribution < -0.4 is 10.1 Å². The predicted octanol–water partition coefficient (Wildman–Crippen LogP) is 2.51. The van der Waals surface area contributed by atoms with Gasteiger partial charge in [0.15, 0.2) is 0 Å². The van der Waals surface area contributed by atoms with Gasteiger partial charge < -0.3 is 15.2 Å². The van der Waals surface area contributed by atoms with Crippen LogP contribution in [0.1, 0.15) is 6.92 Å². The molecule has 0 fully saturated rings. The van der Waals surface area contributed by atoms with Crippen LogP contribution >= 0.6 is 0 Å². The maximum atomic E-state index is 12.7. The van der Waals surface area contributed by atoms with Gasteiger partial charge in [0.05, 0.1) is 7.11 Å². The third kappa shape index (κ3) is 2.66. The molecule has 1 atom stereocenters. The zero-order chi connectivity index (χ0) is 14.0. The highest BCUT2D eigenvalue weighted by atomic mass is 19.4. The van der Waals surface area contributed by atoms with E-state index in [0.717, 1.165) is 0 Å². The van der Waals surface area contributed by atoms with Gasteiger partial charge in [-0.2, -0.15) is 13.2 Å². The Morgan fingerprint density at radius 2 is 2.00 bits per heavy atom. The summed E-state index contributed by atoms with van der Waals surface area (Å²) in [5.41, 5.74) is -3.05. The lowest BCUT2D eigenvalue weighted by atomic mass is 10.0. The number of carboxylic acids is 1. The normalized spacial score (nSPS) is 14.7. The molecule has 0 aliphatic rings. The standard InChI is InChI=1S/C11H12F3NO3/c1-10(9(16)17,11(12,13)14)15-7-4-3-5-8(6-7)18-2/h3-6,15H,1-2H3,(H,16,17). The maximum absolute atomic E-state index is 12.7. The number of nitrogens with one attached hydrogen (secondary N) is 1. The second-order valence-electron chi connectivity index (χ2n) is 3.78. The van der Waals surface area contributed by atoms with E-state index in [1.54, 1.807) is 0 Å². The smallest absolute Gasteiger partial charge is 0.422 e. The topological polar surface area (TPSA) is 58.6 Å².